The molecule has 2 aliphatic rings. The summed E-state index contributed by atoms with van der Waals surface area (Å²) in [7, 11) is 1.74. The third-order valence-electron chi connectivity index (χ3n) is 5.46. The third kappa shape index (κ3) is 2.53. The molecule has 2 N–H and O–H groups in total. The van der Waals surface area contributed by atoms with Gasteiger partial charge >= 0.3 is 0 Å². The fourth-order valence-electron chi connectivity index (χ4n) is 4.29. The van der Waals surface area contributed by atoms with E-state index in [2.05, 4.69) is 0 Å². The number of furan rings is 1. The van der Waals surface area contributed by atoms with Crippen molar-refractivity contribution in [2.45, 2.75) is 32.2 Å². The largest absolute Gasteiger partial charge is 0.466 e. The van der Waals surface area contributed by atoms with Crippen LogP contribution in [0.4, 0.5) is 5.69 Å². The van der Waals surface area contributed by atoms with Crippen LogP contribution >= 0.6 is 0 Å². The van der Waals surface area contributed by atoms with Gasteiger partial charge in [0.05, 0.1) is 5.56 Å². The van der Waals surface area contributed by atoms with Crippen molar-refractivity contribution in [2.75, 3.05) is 18.5 Å². The van der Waals surface area contributed by atoms with Gasteiger partial charge in [-0.2, -0.15) is 0 Å². The van der Waals surface area contributed by atoms with Gasteiger partial charge in [0.2, 0.25) is 5.91 Å². The minimum Gasteiger partial charge on any atom is -0.466 e. The number of benzene rings is 1. The van der Waals surface area contributed by atoms with E-state index in [0.717, 1.165) is 5.56 Å². The maximum absolute atomic E-state index is 13.3. The Balaban J connectivity index is 1.90. The Kier molecular flexibility index (Phi) is 3.83. The van der Waals surface area contributed by atoms with Crippen molar-refractivity contribution in [3.05, 3.63) is 52.5 Å². The number of primary amides is 1. The quantitative estimate of drug-likeness (QED) is 0.877. The predicted octanol–water partition coefficient (Wildman–Crippen LogP) is 1.97. The molecule has 2 aliphatic heterocycles. The van der Waals surface area contributed by atoms with Gasteiger partial charge in [-0.1, -0.05) is 6.07 Å². The first kappa shape index (κ1) is 17.3. The van der Waals surface area contributed by atoms with Crippen LogP contribution in [-0.4, -0.2) is 42.3 Å². The lowest BCUT2D eigenvalue weighted by Crippen LogP contribution is -2.54. The molecule has 0 radical (unpaired) electrons. The van der Waals surface area contributed by atoms with Crippen molar-refractivity contribution in [1.29, 1.82) is 0 Å². The van der Waals surface area contributed by atoms with Crippen LogP contribution in [0.3, 0.4) is 0 Å². The van der Waals surface area contributed by atoms with Gasteiger partial charge in [-0.3, -0.25) is 19.3 Å². The normalized spacial score (nSPS) is 21.2. The van der Waals surface area contributed by atoms with E-state index in [9.17, 15) is 14.4 Å². The van der Waals surface area contributed by atoms with Crippen LogP contribution in [-0.2, 0) is 4.79 Å². The third-order valence-corrected chi connectivity index (χ3v) is 5.46. The molecule has 1 aromatic carbocycles. The van der Waals surface area contributed by atoms with E-state index in [0.29, 0.717) is 41.3 Å². The smallest absolute Gasteiger partial charge is 0.262 e. The summed E-state index contributed by atoms with van der Waals surface area (Å²) in [5, 5.41) is 0. The average Bonchev–Trinajstić information content (AvgIpc) is 2.96. The molecular weight excluding hydrogens is 346 g/mol. The lowest BCUT2D eigenvalue weighted by molar-refractivity contribution is -0.119. The summed E-state index contributed by atoms with van der Waals surface area (Å²) in [5.74, 6) is 0.0934. The molecule has 3 amide bonds. The van der Waals surface area contributed by atoms with Crippen molar-refractivity contribution in [3.8, 4) is 0 Å². The van der Waals surface area contributed by atoms with Gasteiger partial charge in [0.1, 0.15) is 17.6 Å². The molecule has 140 valence electrons. The fourth-order valence-corrected chi connectivity index (χ4v) is 4.29. The molecule has 0 saturated heterocycles. The Labute approximate surface area is 156 Å². The minimum atomic E-state index is -0.776. The number of aryl methyl sites for hydroxylation is 2. The highest BCUT2D eigenvalue weighted by molar-refractivity contribution is 6.12. The maximum Gasteiger partial charge on any atom is 0.262 e. The van der Waals surface area contributed by atoms with Crippen LogP contribution in [0.15, 0.2) is 28.7 Å². The first-order valence-electron chi connectivity index (χ1n) is 8.88. The Bertz CT molecular complexity index is 978. The highest BCUT2D eigenvalue weighted by Gasteiger charge is 2.44. The minimum absolute atomic E-state index is 0.0346. The van der Waals surface area contributed by atoms with Crippen molar-refractivity contribution in [3.63, 3.8) is 0 Å². The number of carbonyl (C=O) groups is 3. The lowest BCUT2D eigenvalue weighted by Gasteiger charge is -2.43. The Morgan fingerprint density at radius 1 is 1.26 bits per heavy atom. The zero-order chi connectivity index (χ0) is 19.5. The maximum atomic E-state index is 13.3. The fraction of sp³-hybridized carbons (Fsp3) is 0.350. The van der Waals surface area contributed by atoms with Gasteiger partial charge in [-0.05, 0) is 44.0 Å². The number of nitrogens with two attached hydrogens (primary N) is 1. The average molecular weight is 367 g/mol. The standard InChI is InChI=1S/C20H21N3O4/c1-10-7-14(11(2)27-10)20(26)23-15-6-4-5-13-17(15)12(8-16(23)18(21)24)9-22(3)19(13)25/h4-7,12,16H,8-9H2,1-3H3,(H2,21,24)/t12-,16-/m0/s1. The number of hydrogen-bond acceptors (Lipinski definition) is 4. The molecule has 0 spiro atoms. The van der Waals surface area contributed by atoms with Gasteiger partial charge in [0, 0.05) is 30.8 Å². The Morgan fingerprint density at radius 3 is 2.63 bits per heavy atom. The molecule has 0 fully saturated rings. The number of amides is 3. The molecule has 0 aliphatic carbocycles. The Hall–Kier alpha value is -3.09. The molecule has 1 aromatic heterocycles. The van der Waals surface area contributed by atoms with E-state index in [-0.39, 0.29) is 17.7 Å². The van der Waals surface area contributed by atoms with Crippen molar-refractivity contribution in [1.82, 2.24) is 4.90 Å². The zero-order valence-electron chi connectivity index (χ0n) is 15.5. The van der Waals surface area contributed by atoms with E-state index < -0.39 is 11.9 Å². The second-order valence-corrected chi connectivity index (χ2v) is 7.28. The number of carbonyl (C=O) groups excluding carboxylic acids is 3. The molecule has 0 unspecified atom stereocenters. The van der Waals surface area contributed by atoms with Gasteiger partial charge in [0.15, 0.2) is 0 Å². The van der Waals surface area contributed by atoms with Crippen LogP contribution in [0.25, 0.3) is 0 Å². The van der Waals surface area contributed by atoms with E-state index >= 15 is 0 Å². The topological polar surface area (TPSA) is 96.9 Å². The van der Waals surface area contributed by atoms with Gasteiger partial charge in [-0.25, -0.2) is 0 Å². The molecule has 0 saturated carbocycles. The van der Waals surface area contributed by atoms with Crippen LogP contribution in [0.2, 0.25) is 0 Å². The summed E-state index contributed by atoms with van der Waals surface area (Å²) >= 11 is 0. The molecule has 7 nitrogen and oxygen atoms in total. The number of likely N-dealkylation sites (N-methyl/N-ethyl adjacent to an activating group) is 1. The lowest BCUT2D eigenvalue weighted by atomic mass is 9.79. The number of hydrogen-bond donors (Lipinski definition) is 1. The first-order chi connectivity index (χ1) is 12.8. The number of anilines is 1. The Morgan fingerprint density at radius 2 is 2.00 bits per heavy atom. The summed E-state index contributed by atoms with van der Waals surface area (Å²) in [5.41, 5.74) is 8.05. The van der Waals surface area contributed by atoms with E-state index in [1.165, 1.54) is 4.90 Å². The highest BCUT2D eigenvalue weighted by Crippen LogP contribution is 2.44. The van der Waals surface area contributed by atoms with Crippen molar-refractivity contribution in [2.24, 2.45) is 5.73 Å². The van der Waals surface area contributed by atoms with Crippen LogP contribution < -0.4 is 10.6 Å². The van der Waals surface area contributed by atoms with E-state index in [1.54, 1.807) is 50.1 Å². The van der Waals surface area contributed by atoms with Gasteiger partial charge < -0.3 is 15.1 Å². The van der Waals surface area contributed by atoms with E-state index in [4.69, 9.17) is 10.2 Å². The second kappa shape index (κ2) is 5.97. The van der Waals surface area contributed by atoms with Crippen molar-refractivity contribution >= 4 is 23.4 Å². The summed E-state index contributed by atoms with van der Waals surface area (Å²) < 4.78 is 5.49. The molecule has 3 heterocycles. The summed E-state index contributed by atoms with van der Waals surface area (Å²) in [6, 6.07) is 6.17. The first-order valence-corrected chi connectivity index (χ1v) is 8.88. The number of rotatable bonds is 2. The molecule has 27 heavy (non-hydrogen) atoms. The molecule has 2 aromatic rings. The predicted molar refractivity (Wildman–Crippen MR) is 98.7 cm³/mol. The summed E-state index contributed by atoms with van der Waals surface area (Å²) in [4.78, 5) is 41.3. The summed E-state index contributed by atoms with van der Waals surface area (Å²) in [6.45, 7) is 3.98. The van der Waals surface area contributed by atoms with Gasteiger partial charge in [0.25, 0.3) is 11.8 Å². The zero-order valence-corrected chi connectivity index (χ0v) is 15.5. The highest BCUT2D eigenvalue weighted by atomic mass is 16.3. The van der Waals surface area contributed by atoms with Crippen molar-refractivity contribution < 1.29 is 18.8 Å². The van der Waals surface area contributed by atoms with E-state index in [1.807, 2.05) is 0 Å². The second-order valence-electron chi connectivity index (χ2n) is 7.28. The van der Waals surface area contributed by atoms with Gasteiger partial charge in [-0.15, -0.1) is 0 Å². The van der Waals surface area contributed by atoms with Crippen LogP contribution in [0.1, 0.15) is 50.1 Å². The SMILES string of the molecule is Cc1cc(C(=O)N2c3cccc4c3[C@@H](C[C@H]2C(N)=O)CN(C)C4=O)c(C)o1. The molecule has 7 heteroatoms. The molecule has 0 bridgehead atoms. The van der Waals surface area contributed by atoms with Crippen LogP contribution in [0.5, 0.6) is 0 Å². The molecule has 2 atom stereocenters. The van der Waals surface area contributed by atoms with Crippen LogP contribution in [0, 0.1) is 13.8 Å². The molecule has 4 rings (SSSR count). The summed E-state index contributed by atoms with van der Waals surface area (Å²) in [6.07, 6.45) is 0.387. The monoisotopic (exact) mass is 367 g/mol. The number of nitrogens with zero attached hydrogens (tertiary/aromatic N) is 2. The molecular formula is C20H21N3O4.